The third-order valence-electron chi connectivity index (χ3n) is 4.27. The van der Waals surface area contributed by atoms with E-state index in [1.54, 1.807) is 12.1 Å². The summed E-state index contributed by atoms with van der Waals surface area (Å²) in [5.74, 6) is -0.118. The number of hydrogen-bond acceptors (Lipinski definition) is 2. The summed E-state index contributed by atoms with van der Waals surface area (Å²) < 4.78 is 13.3. The lowest BCUT2D eigenvalue weighted by Gasteiger charge is -2.18. The van der Waals surface area contributed by atoms with Gasteiger partial charge in [0.15, 0.2) is 0 Å². The molecule has 3 nitrogen and oxygen atoms in total. The lowest BCUT2D eigenvalue weighted by atomic mass is 9.95. The zero-order valence-electron chi connectivity index (χ0n) is 10.9. The number of rotatable bonds is 4. The maximum Gasteiger partial charge on any atom is 0.237 e. The monoisotopic (exact) mass is 262 g/mol. The third kappa shape index (κ3) is 2.63. The van der Waals surface area contributed by atoms with Gasteiger partial charge in [0.1, 0.15) is 5.82 Å². The van der Waals surface area contributed by atoms with Crippen molar-refractivity contribution in [2.45, 2.75) is 37.1 Å². The zero-order valence-corrected chi connectivity index (χ0v) is 10.9. The van der Waals surface area contributed by atoms with E-state index in [2.05, 4.69) is 10.6 Å². The summed E-state index contributed by atoms with van der Waals surface area (Å²) in [5.41, 5.74) is 0.975. The van der Waals surface area contributed by atoms with E-state index in [4.69, 9.17) is 0 Å². The topological polar surface area (TPSA) is 41.1 Å². The molecule has 1 aromatic rings. The average Bonchev–Trinajstić information content (AvgIpc) is 3.00. The van der Waals surface area contributed by atoms with Gasteiger partial charge < -0.3 is 10.6 Å². The predicted molar refractivity (Wildman–Crippen MR) is 71.3 cm³/mol. The highest BCUT2D eigenvalue weighted by Gasteiger charge is 2.44. The number of carbonyl (C=O) groups is 1. The Morgan fingerprint density at radius 2 is 2.32 bits per heavy atom. The molecular formula is C15H19FN2O. The van der Waals surface area contributed by atoms with Crippen LogP contribution in [-0.2, 0) is 10.2 Å². The van der Waals surface area contributed by atoms with Crippen molar-refractivity contribution < 1.29 is 9.18 Å². The highest BCUT2D eigenvalue weighted by molar-refractivity contribution is 5.82. The van der Waals surface area contributed by atoms with Gasteiger partial charge in [0, 0.05) is 12.0 Å². The van der Waals surface area contributed by atoms with E-state index in [0.29, 0.717) is 6.54 Å². The van der Waals surface area contributed by atoms with Crippen LogP contribution in [0.4, 0.5) is 4.39 Å². The fraction of sp³-hybridized carbons (Fsp3) is 0.533. The van der Waals surface area contributed by atoms with E-state index in [9.17, 15) is 9.18 Å². The minimum absolute atomic E-state index is 0.0314. The molecule has 2 N–H and O–H groups in total. The number of benzene rings is 1. The lowest BCUT2D eigenvalue weighted by molar-refractivity contribution is -0.122. The van der Waals surface area contributed by atoms with E-state index in [-0.39, 0.29) is 23.2 Å². The van der Waals surface area contributed by atoms with E-state index in [1.807, 2.05) is 6.07 Å². The molecule has 1 aliphatic heterocycles. The van der Waals surface area contributed by atoms with Crippen molar-refractivity contribution in [1.82, 2.24) is 10.6 Å². The van der Waals surface area contributed by atoms with Crippen molar-refractivity contribution in [2.75, 3.05) is 13.1 Å². The third-order valence-corrected chi connectivity index (χ3v) is 4.27. The second kappa shape index (κ2) is 4.93. The second-order valence-electron chi connectivity index (χ2n) is 5.66. The summed E-state index contributed by atoms with van der Waals surface area (Å²) in [6, 6.07) is 6.71. The Hall–Kier alpha value is -1.42. The first kappa shape index (κ1) is 12.6. The second-order valence-corrected chi connectivity index (χ2v) is 5.66. The minimum atomic E-state index is -0.201. The maximum atomic E-state index is 13.3. The molecule has 19 heavy (non-hydrogen) atoms. The summed E-state index contributed by atoms with van der Waals surface area (Å²) in [4.78, 5) is 12.0. The highest BCUT2D eigenvalue weighted by Crippen LogP contribution is 2.47. The van der Waals surface area contributed by atoms with Crippen LogP contribution in [0.3, 0.4) is 0 Å². The van der Waals surface area contributed by atoms with Gasteiger partial charge in [-0.3, -0.25) is 4.79 Å². The van der Waals surface area contributed by atoms with E-state index < -0.39 is 0 Å². The molecular weight excluding hydrogens is 243 g/mol. The molecule has 1 amide bonds. The molecule has 3 rings (SSSR count). The van der Waals surface area contributed by atoms with Gasteiger partial charge in [0.25, 0.3) is 0 Å². The molecule has 4 heteroatoms. The normalized spacial score (nSPS) is 24.2. The van der Waals surface area contributed by atoms with Gasteiger partial charge >= 0.3 is 0 Å². The Morgan fingerprint density at radius 3 is 2.95 bits per heavy atom. The fourth-order valence-corrected chi connectivity index (χ4v) is 2.82. The minimum Gasteiger partial charge on any atom is -0.354 e. The smallest absolute Gasteiger partial charge is 0.237 e. The van der Waals surface area contributed by atoms with Crippen LogP contribution in [0.2, 0.25) is 0 Å². The first-order valence-corrected chi connectivity index (χ1v) is 6.97. The SMILES string of the molecule is O=C(NCC1(c2cccc(F)c2)CC1)C1CCCN1. The Kier molecular flexibility index (Phi) is 3.27. The first-order valence-electron chi connectivity index (χ1n) is 6.97. The number of nitrogens with one attached hydrogen (secondary N) is 2. The van der Waals surface area contributed by atoms with Crippen LogP contribution in [0.1, 0.15) is 31.2 Å². The molecule has 1 saturated carbocycles. The summed E-state index contributed by atoms with van der Waals surface area (Å²) in [6.07, 6.45) is 4.02. The summed E-state index contributed by atoms with van der Waals surface area (Å²) in [6.45, 7) is 1.54. The molecule has 1 saturated heterocycles. The van der Waals surface area contributed by atoms with Crippen LogP contribution in [-0.4, -0.2) is 25.0 Å². The van der Waals surface area contributed by atoms with Gasteiger partial charge in [0.2, 0.25) is 5.91 Å². The van der Waals surface area contributed by atoms with Gasteiger partial charge in [0.05, 0.1) is 6.04 Å². The van der Waals surface area contributed by atoms with Gasteiger partial charge in [-0.15, -0.1) is 0 Å². The fourth-order valence-electron chi connectivity index (χ4n) is 2.82. The quantitative estimate of drug-likeness (QED) is 0.867. The van der Waals surface area contributed by atoms with Crippen molar-refractivity contribution >= 4 is 5.91 Å². The number of carbonyl (C=O) groups excluding carboxylic acids is 1. The number of amides is 1. The molecule has 0 radical (unpaired) electrons. The Bertz CT molecular complexity index is 479. The molecule has 0 aromatic heterocycles. The maximum absolute atomic E-state index is 13.3. The molecule has 1 heterocycles. The summed E-state index contributed by atoms with van der Waals surface area (Å²) in [5, 5.41) is 6.21. The Balaban J connectivity index is 1.61. The Morgan fingerprint density at radius 1 is 1.47 bits per heavy atom. The molecule has 2 fully saturated rings. The largest absolute Gasteiger partial charge is 0.354 e. The van der Waals surface area contributed by atoms with Gasteiger partial charge in [-0.25, -0.2) is 4.39 Å². The average molecular weight is 262 g/mol. The number of halogens is 1. The van der Waals surface area contributed by atoms with Crippen molar-refractivity contribution in [3.05, 3.63) is 35.6 Å². The molecule has 0 spiro atoms. The lowest BCUT2D eigenvalue weighted by Crippen LogP contribution is -2.43. The summed E-state index contributed by atoms with van der Waals surface area (Å²) >= 11 is 0. The van der Waals surface area contributed by atoms with Crippen LogP contribution in [0.15, 0.2) is 24.3 Å². The van der Waals surface area contributed by atoms with Crippen molar-refractivity contribution in [3.63, 3.8) is 0 Å². The molecule has 0 bridgehead atoms. The molecule has 1 atom stereocenters. The molecule has 1 aliphatic carbocycles. The Labute approximate surface area is 112 Å². The molecule has 2 aliphatic rings. The van der Waals surface area contributed by atoms with Crippen LogP contribution in [0.25, 0.3) is 0 Å². The van der Waals surface area contributed by atoms with Crippen LogP contribution in [0, 0.1) is 5.82 Å². The van der Waals surface area contributed by atoms with Crippen LogP contribution < -0.4 is 10.6 Å². The van der Waals surface area contributed by atoms with E-state index in [0.717, 1.165) is 37.8 Å². The van der Waals surface area contributed by atoms with Crippen LogP contribution in [0.5, 0.6) is 0 Å². The van der Waals surface area contributed by atoms with Crippen molar-refractivity contribution in [3.8, 4) is 0 Å². The van der Waals surface area contributed by atoms with Crippen molar-refractivity contribution in [1.29, 1.82) is 0 Å². The van der Waals surface area contributed by atoms with Gasteiger partial charge in [-0.05, 0) is 49.9 Å². The van der Waals surface area contributed by atoms with Gasteiger partial charge in [-0.2, -0.15) is 0 Å². The van der Waals surface area contributed by atoms with E-state index in [1.165, 1.54) is 6.07 Å². The zero-order chi connectivity index (χ0) is 13.3. The van der Waals surface area contributed by atoms with E-state index >= 15 is 0 Å². The molecule has 1 unspecified atom stereocenters. The summed E-state index contributed by atoms with van der Waals surface area (Å²) in [7, 11) is 0. The standard InChI is InChI=1S/C15H19FN2O/c16-12-4-1-3-11(9-12)15(6-7-15)10-18-14(19)13-5-2-8-17-13/h1,3-4,9,13,17H,2,5-8,10H2,(H,18,19). The molecule has 1 aromatic carbocycles. The van der Waals surface area contributed by atoms with Crippen molar-refractivity contribution in [2.24, 2.45) is 0 Å². The number of hydrogen-bond donors (Lipinski definition) is 2. The van der Waals surface area contributed by atoms with Crippen LogP contribution >= 0.6 is 0 Å². The first-order chi connectivity index (χ1) is 9.20. The highest BCUT2D eigenvalue weighted by atomic mass is 19.1. The van der Waals surface area contributed by atoms with Gasteiger partial charge in [-0.1, -0.05) is 12.1 Å². The molecule has 102 valence electrons. The predicted octanol–water partition coefficient (Wildman–Crippen LogP) is 1.73.